The molecule has 0 aromatic carbocycles. The van der Waals surface area contributed by atoms with Gasteiger partial charge in [0.15, 0.2) is 0 Å². The van der Waals surface area contributed by atoms with Gasteiger partial charge in [-0.05, 0) is 31.3 Å². The molecule has 0 radical (unpaired) electrons. The van der Waals surface area contributed by atoms with Gasteiger partial charge in [-0.3, -0.25) is 4.90 Å². The summed E-state index contributed by atoms with van der Waals surface area (Å²) >= 11 is 1.81. The minimum Gasteiger partial charge on any atom is -0.316 e. The summed E-state index contributed by atoms with van der Waals surface area (Å²) in [6, 6.07) is 0. The van der Waals surface area contributed by atoms with Gasteiger partial charge in [0.25, 0.3) is 0 Å². The monoisotopic (exact) mass is 279 g/mol. The summed E-state index contributed by atoms with van der Waals surface area (Å²) in [6.07, 6.45) is 2.71. The lowest BCUT2D eigenvalue weighted by molar-refractivity contribution is 0.266. The van der Waals surface area contributed by atoms with Gasteiger partial charge in [0, 0.05) is 30.4 Å². The number of hydrogen-bond donors (Lipinski definition) is 1. The zero-order valence-electron chi connectivity index (χ0n) is 12.3. The summed E-state index contributed by atoms with van der Waals surface area (Å²) in [4.78, 5) is 7.41. The number of aromatic nitrogens is 1. The van der Waals surface area contributed by atoms with Gasteiger partial charge in [0.1, 0.15) is 0 Å². The molecule has 2 aliphatic rings. The molecule has 0 amide bonds. The minimum atomic E-state index is 0.185. The molecule has 1 spiro atoms. The Morgan fingerprint density at radius 2 is 2.26 bits per heavy atom. The highest BCUT2D eigenvalue weighted by Gasteiger charge is 2.40. The van der Waals surface area contributed by atoms with E-state index in [1.165, 1.54) is 49.7 Å². The maximum absolute atomic E-state index is 4.82. The molecule has 2 saturated heterocycles. The average molecular weight is 279 g/mol. The Hall–Kier alpha value is -0.450. The van der Waals surface area contributed by atoms with E-state index in [4.69, 9.17) is 4.98 Å². The van der Waals surface area contributed by atoms with E-state index in [-0.39, 0.29) is 5.41 Å². The minimum absolute atomic E-state index is 0.185. The predicted octanol–water partition coefficient (Wildman–Crippen LogP) is 2.63. The predicted molar refractivity (Wildman–Crippen MR) is 80.6 cm³/mol. The van der Waals surface area contributed by atoms with E-state index in [0.29, 0.717) is 5.41 Å². The number of thiazole rings is 1. The summed E-state index contributed by atoms with van der Waals surface area (Å²) in [5, 5.41) is 7.03. The molecular formula is C15H25N3S. The number of likely N-dealkylation sites (tertiary alicyclic amines) is 1. The van der Waals surface area contributed by atoms with Gasteiger partial charge in [0.2, 0.25) is 0 Å². The Bertz CT molecular complexity index is 440. The third-order valence-electron chi connectivity index (χ3n) is 4.43. The van der Waals surface area contributed by atoms with Crippen molar-refractivity contribution >= 4 is 11.3 Å². The summed E-state index contributed by atoms with van der Waals surface area (Å²) in [5.41, 5.74) is 2.02. The molecule has 2 aliphatic heterocycles. The van der Waals surface area contributed by atoms with Crippen molar-refractivity contribution in [2.24, 2.45) is 5.41 Å². The van der Waals surface area contributed by atoms with Crippen molar-refractivity contribution in [2.45, 2.75) is 45.6 Å². The third-order valence-corrected chi connectivity index (χ3v) is 5.75. The standard InChI is InChI=1S/C15H25N3S/c1-14(2,3)13-17-12(9-19-13)8-18-7-5-15(11-18)4-6-16-10-15/h9,16H,4-8,10-11H2,1-3H3. The average Bonchev–Trinajstić information content (AvgIpc) is 3.01. The molecule has 3 rings (SSSR count). The number of nitrogens with one attached hydrogen (secondary N) is 1. The van der Waals surface area contributed by atoms with Crippen LogP contribution in [0.25, 0.3) is 0 Å². The van der Waals surface area contributed by atoms with Gasteiger partial charge in [-0.15, -0.1) is 11.3 Å². The van der Waals surface area contributed by atoms with Crippen molar-refractivity contribution in [3.05, 3.63) is 16.1 Å². The second-order valence-electron chi connectivity index (χ2n) is 7.28. The van der Waals surface area contributed by atoms with Crippen LogP contribution in [0.2, 0.25) is 0 Å². The van der Waals surface area contributed by atoms with Crippen LogP contribution >= 0.6 is 11.3 Å². The van der Waals surface area contributed by atoms with Gasteiger partial charge in [0.05, 0.1) is 10.7 Å². The lowest BCUT2D eigenvalue weighted by atomic mass is 9.87. The summed E-state index contributed by atoms with van der Waals surface area (Å²) in [5.74, 6) is 0. The van der Waals surface area contributed by atoms with Crippen LogP contribution in [0.5, 0.6) is 0 Å². The second kappa shape index (κ2) is 4.83. The third kappa shape index (κ3) is 2.86. The van der Waals surface area contributed by atoms with Gasteiger partial charge in [-0.2, -0.15) is 0 Å². The van der Waals surface area contributed by atoms with Crippen LogP contribution in [0.4, 0.5) is 0 Å². The van der Waals surface area contributed by atoms with E-state index in [0.717, 1.165) is 6.54 Å². The van der Waals surface area contributed by atoms with Gasteiger partial charge in [-0.25, -0.2) is 4.98 Å². The molecule has 4 heteroatoms. The lowest BCUT2D eigenvalue weighted by Crippen LogP contribution is -2.29. The fraction of sp³-hybridized carbons (Fsp3) is 0.800. The van der Waals surface area contributed by atoms with Gasteiger partial charge in [-0.1, -0.05) is 20.8 Å². The van der Waals surface area contributed by atoms with Crippen LogP contribution < -0.4 is 5.32 Å². The highest BCUT2D eigenvalue weighted by Crippen LogP contribution is 2.36. The molecule has 1 N–H and O–H groups in total. The Kier molecular flexibility index (Phi) is 3.44. The number of rotatable bonds is 2. The molecule has 1 atom stereocenters. The van der Waals surface area contributed by atoms with Crippen molar-refractivity contribution in [2.75, 3.05) is 26.2 Å². The molecule has 0 bridgehead atoms. The highest BCUT2D eigenvalue weighted by molar-refractivity contribution is 7.09. The van der Waals surface area contributed by atoms with E-state index in [1.54, 1.807) is 0 Å². The highest BCUT2D eigenvalue weighted by atomic mass is 32.1. The Labute approximate surface area is 120 Å². The van der Waals surface area contributed by atoms with Crippen LogP contribution in [0.3, 0.4) is 0 Å². The van der Waals surface area contributed by atoms with Gasteiger partial charge < -0.3 is 5.32 Å². The van der Waals surface area contributed by atoms with Crippen LogP contribution in [-0.4, -0.2) is 36.1 Å². The fourth-order valence-electron chi connectivity index (χ4n) is 3.26. The smallest absolute Gasteiger partial charge is 0.0982 e. The second-order valence-corrected chi connectivity index (χ2v) is 8.14. The zero-order chi connectivity index (χ0) is 13.5. The Balaban J connectivity index is 1.62. The molecule has 3 heterocycles. The Morgan fingerprint density at radius 1 is 1.42 bits per heavy atom. The first-order chi connectivity index (χ1) is 8.97. The van der Waals surface area contributed by atoms with Crippen molar-refractivity contribution in [1.82, 2.24) is 15.2 Å². The van der Waals surface area contributed by atoms with Crippen molar-refractivity contribution in [3.63, 3.8) is 0 Å². The first-order valence-corrected chi connectivity index (χ1v) is 8.23. The Morgan fingerprint density at radius 3 is 2.89 bits per heavy atom. The molecular weight excluding hydrogens is 254 g/mol. The molecule has 1 aromatic heterocycles. The number of nitrogens with zero attached hydrogens (tertiary/aromatic N) is 2. The molecule has 0 saturated carbocycles. The fourth-order valence-corrected chi connectivity index (χ4v) is 4.16. The van der Waals surface area contributed by atoms with Crippen molar-refractivity contribution < 1.29 is 0 Å². The van der Waals surface area contributed by atoms with E-state index in [1.807, 2.05) is 11.3 Å². The molecule has 3 nitrogen and oxygen atoms in total. The topological polar surface area (TPSA) is 28.2 Å². The van der Waals surface area contributed by atoms with Crippen molar-refractivity contribution in [3.8, 4) is 0 Å². The van der Waals surface area contributed by atoms with Crippen LogP contribution in [-0.2, 0) is 12.0 Å². The van der Waals surface area contributed by atoms with Gasteiger partial charge >= 0.3 is 0 Å². The van der Waals surface area contributed by atoms with E-state index in [2.05, 4.69) is 36.4 Å². The normalized spacial score (nSPS) is 28.6. The SMILES string of the molecule is CC(C)(C)c1nc(CN2CCC3(CCNC3)C2)cs1. The molecule has 2 fully saturated rings. The van der Waals surface area contributed by atoms with Crippen LogP contribution in [0, 0.1) is 5.41 Å². The summed E-state index contributed by atoms with van der Waals surface area (Å²) in [6.45, 7) is 12.7. The molecule has 0 aliphatic carbocycles. The lowest BCUT2D eigenvalue weighted by Gasteiger charge is -2.22. The number of hydrogen-bond acceptors (Lipinski definition) is 4. The van der Waals surface area contributed by atoms with Crippen LogP contribution in [0.1, 0.15) is 44.3 Å². The van der Waals surface area contributed by atoms with Crippen molar-refractivity contribution in [1.29, 1.82) is 0 Å². The van der Waals surface area contributed by atoms with E-state index < -0.39 is 0 Å². The molecule has 19 heavy (non-hydrogen) atoms. The largest absolute Gasteiger partial charge is 0.316 e. The zero-order valence-corrected chi connectivity index (χ0v) is 13.1. The quantitative estimate of drug-likeness (QED) is 0.902. The maximum atomic E-state index is 4.82. The van der Waals surface area contributed by atoms with E-state index >= 15 is 0 Å². The molecule has 1 unspecified atom stereocenters. The molecule has 106 valence electrons. The first kappa shape index (κ1) is 13.5. The first-order valence-electron chi connectivity index (χ1n) is 7.35. The summed E-state index contributed by atoms with van der Waals surface area (Å²) in [7, 11) is 0. The summed E-state index contributed by atoms with van der Waals surface area (Å²) < 4.78 is 0. The maximum Gasteiger partial charge on any atom is 0.0982 e. The van der Waals surface area contributed by atoms with Crippen LogP contribution in [0.15, 0.2) is 5.38 Å². The molecule has 1 aromatic rings. The van der Waals surface area contributed by atoms with E-state index in [9.17, 15) is 0 Å².